The van der Waals surface area contributed by atoms with Crippen molar-refractivity contribution in [2.75, 3.05) is 26.8 Å². The minimum absolute atomic E-state index is 0. The van der Waals surface area contributed by atoms with Gasteiger partial charge in [-0.1, -0.05) is 0 Å². The molecule has 0 aliphatic carbocycles. The first kappa shape index (κ1) is 17.7. The van der Waals surface area contributed by atoms with E-state index < -0.39 is 0 Å². The molecule has 1 aromatic rings. The van der Waals surface area contributed by atoms with Crippen molar-refractivity contribution >= 4 is 18.3 Å². The van der Waals surface area contributed by atoms with Crippen LogP contribution in [0.4, 0.5) is 0 Å². The van der Waals surface area contributed by atoms with Crippen LogP contribution in [0.15, 0.2) is 18.3 Å². The Kier molecular flexibility index (Phi) is 8.04. The SMILES string of the molecule is CNCC(=O)NCc1ccnc(OC2CCOCC2)c1.Cl. The molecule has 0 saturated carbocycles. The minimum atomic E-state index is -0.0313. The van der Waals surface area contributed by atoms with Gasteiger partial charge in [0.25, 0.3) is 0 Å². The predicted molar refractivity (Wildman–Crippen MR) is 81.7 cm³/mol. The number of halogens is 1. The number of pyridine rings is 1. The fourth-order valence-corrected chi connectivity index (χ4v) is 2.01. The quantitative estimate of drug-likeness (QED) is 0.816. The summed E-state index contributed by atoms with van der Waals surface area (Å²) in [5, 5.41) is 5.63. The highest BCUT2D eigenvalue weighted by Crippen LogP contribution is 2.16. The van der Waals surface area contributed by atoms with E-state index in [1.165, 1.54) is 0 Å². The van der Waals surface area contributed by atoms with Crippen molar-refractivity contribution in [3.05, 3.63) is 23.9 Å². The molecule has 2 heterocycles. The fraction of sp³-hybridized carbons (Fsp3) is 0.571. The molecule has 1 aliphatic rings. The molecule has 1 aliphatic heterocycles. The van der Waals surface area contributed by atoms with Gasteiger partial charge in [-0.25, -0.2) is 4.98 Å². The van der Waals surface area contributed by atoms with Crippen molar-refractivity contribution in [3.8, 4) is 5.88 Å². The van der Waals surface area contributed by atoms with Gasteiger partial charge in [-0.05, 0) is 18.7 Å². The molecule has 0 bridgehead atoms. The van der Waals surface area contributed by atoms with Gasteiger partial charge in [0.1, 0.15) is 6.10 Å². The van der Waals surface area contributed by atoms with E-state index in [-0.39, 0.29) is 24.4 Å². The van der Waals surface area contributed by atoms with Crippen molar-refractivity contribution in [1.82, 2.24) is 15.6 Å². The largest absolute Gasteiger partial charge is 0.474 e. The highest BCUT2D eigenvalue weighted by molar-refractivity contribution is 5.85. The zero-order valence-electron chi connectivity index (χ0n) is 12.1. The summed E-state index contributed by atoms with van der Waals surface area (Å²) in [7, 11) is 1.74. The Labute approximate surface area is 131 Å². The van der Waals surface area contributed by atoms with Crippen LogP contribution in [0, 0.1) is 0 Å². The Bertz CT molecular complexity index is 439. The third kappa shape index (κ3) is 6.29. The maximum Gasteiger partial charge on any atom is 0.234 e. The lowest BCUT2D eigenvalue weighted by molar-refractivity contribution is -0.120. The summed E-state index contributed by atoms with van der Waals surface area (Å²) in [5.74, 6) is 0.577. The van der Waals surface area contributed by atoms with E-state index in [2.05, 4.69) is 15.6 Å². The molecule has 118 valence electrons. The molecule has 0 aromatic carbocycles. The number of carbonyl (C=O) groups excluding carboxylic acids is 1. The summed E-state index contributed by atoms with van der Waals surface area (Å²) < 4.78 is 11.1. The number of carbonyl (C=O) groups is 1. The molecule has 1 amide bonds. The number of amides is 1. The number of rotatable bonds is 6. The smallest absolute Gasteiger partial charge is 0.234 e. The number of ether oxygens (including phenoxy) is 2. The Hall–Kier alpha value is -1.37. The van der Waals surface area contributed by atoms with Crippen LogP contribution in [0.2, 0.25) is 0 Å². The highest BCUT2D eigenvalue weighted by atomic mass is 35.5. The number of nitrogens with zero attached hydrogens (tertiary/aromatic N) is 1. The standard InChI is InChI=1S/C14H21N3O3.ClH/c1-15-10-13(18)17-9-11-2-5-16-14(8-11)20-12-3-6-19-7-4-12;/h2,5,8,12,15H,3-4,6-7,9-10H2,1H3,(H,17,18);1H. The Morgan fingerprint density at radius 2 is 2.24 bits per heavy atom. The van der Waals surface area contributed by atoms with Gasteiger partial charge >= 0.3 is 0 Å². The molecular weight excluding hydrogens is 294 g/mol. The van der Waals surface area contributed by atoms with Crippen molar-refractivity contribution in [1.29, 1.82) is 0 Å². The van der Waals surface area contributed by atoms with Gasteiger partial charge in [-0.2, -0.15) is 0 Å². The van der Waals surface area contributed by atoms with Crippen LogP contribution in [0.25, 0.3) is 0 Å². The van der Waals surface area contributed by atoms with E-state index in [1.54, 1.807) is 13.2 Å². The number of hydrogen-bond acceptors (Lipinski definition) is 5. The summed E-state index contributed by atoms with van der Waals surface area (Å²) in [4.78, 5) is 15.6. The van der Waals surface area contributed by atoms with Gasteiger partial charge < -0.3 is 20.1 Å². The van der Waals surface area contributed by atoms with Gasteiger partial charge in [0.2, 0.25) is 11.8 Å². The topological polar surface area (TPSA) is 72.5 Å². The molecule has 0 spiro atoms. The lowest BCUT2D eigenvalue weighted by Crippen LogP contribution is -2.31. The molecule has 1 fully saturated rings. The van der Waals surface area contributed by atoms with Crippen LogP contribution >= 0.6 is 12.4 Å². The number of likely N-dealkylation sites (N-methyl/N-ethyl adjacent to an activating group) is 1. The first-order valence-corrected chi connectivity index (χ1v) is 6.88. The number of nitrogens with one attached hydrogen (secondary N) is 2. The zero-order chi connectivity index (χ0) is 14.2. The first-order valence-electron chi connectivity index (χ1n) is 6.88. The molecule has 1 aromatic heterocycles. The van der Waals surface area contributed by atoms with Crippen LogP contribution < -0.4 is 15.4 Å². The monoisotopic (exact) mass is 315 g/mol. The number of aromatic nitrogens is 1. The first-order chi connectivity index (χ1) is 9.78. The molecule has 6 nitrogen and oxygen atoms in total. The lowest BCUT2D eigenvalue weighted by atomic mass is 10.1. The Morgan fingerprint density at radius 3 is 2.95 bits per heavy atom. The average molecular weight is 316 g/mol. The molecule has 2 N–H and O–H groups in total. The van der Waals surface area contributed by atoms with E-state index >= 15 is 0 Å². The number of hydrogen-bond donors (Lipinski definition) is 2. The van der Waals surface area contributed by atoms with Gasteiger partial charge in [0.15, 0.2) is 0 Å². The van der Waals surface area contributed by atoms with Crippen molar-refractivity contribution in [2.24, 2.45) is 0 Å². The molecule has 21 heavy (non-hydrogen) atoms. The second-order valence-corrected chi connectivity index (χ2v) is 4.74. The maximum atomic E-state index is 11.4. The second-order valence-electron chi connectivity index (χ2n) is 4.74. The molecule has 0 radical (unpaired) electrons. The predicted octanol–water partition coefficient (Wildman–Crippen LogP) is 0.897. The van der Waals surface area contributed by atoms with Crippen LogP contribution in [-0.4, -0.2) is 43.8 Å². The van der Waals surface area contributed by atoms with E-state index in [1.807, 2.05) is 12.1 Å². The van der Waals surface area contributed by atoms with Crippen LogP contribution in [0.1, 0.15) is 18.4 Å². The van der Waals surface area contributed by atoms with Gasteiger partial charge in [0, 0.05) is 31.6 Å². The van der Waals surface area contributed by atoms with Crippen LogP contribution in [-0.2, 0) is 16.1 Å². The molecular formula is C14H22ClN3O3. The van der Waals surface area contributed by atoms with Gasteiger partial charge in [0.05, 0.1) is 19.8 Å². The van der Waals surface area contributed by atoms with Gasteiger partial charge in [-0.3, -0.25) is 4.79 Å². The summed E-state index contributed by atoms with van der Waals surface area (Å²) in [6.45, 7) is 2.28. The van der Waals surface area contributed by atoms with Crippen molar-refractivity contribution in [3.63, 3.8) is 0 Å². The summed E-state index contributed by atoms with van der Waals surface area (Å²) in [6, 6.07) is 3.74. The fourth-order valence-electron chi connectivity index (χ4n) is 2.01. The van der Waals surface area contributed by atoms with E-state index in [0.29, 0.717) is 19.0 Å². The highest BCUT2D eigenvalue weighted by Gasteiger charge is 2.15. The van der Waals surface area contributed by atoms with E-state index in [9.17, 15) is 4.79 Å². The molecule has 0 unspecified atom stereocenters. The van der Waals surface area contributed by atoms with Crippen LogP contribution in [0.3, 0.4) is 0 Å². The summed E-state index contributed by atoms with van der Waals surface area (Å²) >= 11 is 0. The summed E-state index contributed by atoms with van der Waals surface area (Å²) in [5.41, 5.74) is 0.978. The van der Waals surface area contributed by atoms with E-state index in [4.69, 9.17) is 9.47 Å². The van der Waals surface area contributed by atoms with Gasteiger partial charge in [-0.15, -0.1) is 12.4 Å². The maximum absolute atomic E-state index is 11.4. The average Bonchev–Trinajstić information content (AvgIpc) is 2.47. The normalized spacial score (nSPS) is 15.1. The molecule has 2 rings (SSSR count). The minimum Gasteiger partial charge on any atom is -0.474 e. The second kappa shape index (κ2) is 9.55. The zero-order valence-corrected chi connectivity index (χ0v) is 12.9. The lowest BCUT2D eigenvalue weighted by Gasteiger charge is -2.22. The molecule has 0 atom stereocenters. The third-order valence-electron chi connectivity index (χ3n) is 3.08. The van der Waals surface area contributed by atoms with Crippen molar-refractivity contribution in [2.45, 2.75) is 25.5 Å². The Morgan fingerprint density at radius 1 is 1.48 bits per heavy atom. The van der Waals surface area contributed by atoms with E-state index in [0.717, 1.165) is 31.6 Å². The molecule has 1 saturated heterocycles. The Balaban J connectivity index is 0.00000220. The third-order valence-corrected chi connectivity index (χ3v) is 3.08. The van der Waals surface area contributed by atoms with Crippen molar-refractivity contribution < 1.29 is 14.3 Å². The van der Waals surface area contributed by atoms with Crippen LogP contribution in [0.5, 0.6) is 5.88 Å². The molecule has 7 heteroatoms. The summed E-state index contributed by atoms with van der Waals surface area (Å²) in [6.07, 6.45) is 3.66.